The van der Waals surface area contributed by atoms with Gasteiger partial charge in [-0.3, -0.25) is 9.59 Å². The van der Waals surface area contributed by atoms with E-state index >= 15 is 0 Å². The standard InChI is InChI=1S/C25H21IN2O5/c26-20-11-5-6-12-21(20)27-24(31)22(13-23(29)30)28-25(32)33-14-19-17-9-3-1-7-15(17)16-8-2-4-10-18(16)19/h1-12,19,22H,13-14H2,(H,27,31)(H,28,32)(H,29,30). The number of ether oxygens (including phenoxy) is 1. The summed E-state index contributed by atoms with van der Waals surface area (Å²) < 4.78 is 6.24. The number of carboxylic acid groups (broad SMARTS) is 1. The van der Waals surface area contributed by atoms with E-state index in [1.54, 1.807) is 18.2 Å². The Labute approximate surface area is 204 Å². The number of halogens is 1. The minimum absolute atomic E-state index is 0.0673. The van der Waals surface area contributed by atoms with Gasteiger partial charge in [-0.1, -0.05) is 60.7 Å². The molecule has 3 aromatic rings. The molecule has 0 radical (unpaired) electrons. The van der Waals surface area contributed by atoms with Crippen LogP contribution in [0.1, 0.15) is 23.5 Å². The van der Waals surface area contributed by atoms with E-state index in [2.05, 4.69) is 33.2 Å². The van der Waals surface area contributed by atoms with Crippen LogP contribution in [0.15, 0.2) is 72.8 Å². The molecule has 1 atom stereocenters. The number of aliphatic carboxylic acids is 1. The van der Waals surface area contributed by atoms with Crippen molar-refractivity contribution in [1.82, 2.24) is 5.32 Å². The Morgan fingerprint density at radius 1 is 0.909 bits per heavy atom. The topological polar surface area (TPSA) is 105 Å². The minimum Gasteiger partial charge on any atom is -0.481 e. The van der Waals surface area contributed by atoms with Crippen molar-refractivity contribution in [2.75, 3.05) is 11.9 Å². The normalized spacial score (nSPS) is 12.9. The predicted octanol–water partition coefficient (Wildman–Crippen LogP) is 4.61. The number of nitrogens with one attached hydrogen (secondary N) is 2. The summed E-state index contributed by atoms with van der Waals surface area (Å²) in [5.41, 5.74) is 4.85. The van der Waals surface area contributed by atoms with Gasteiger partial charge < -0.3 is 20.5 Å². The summed E-state index contributed by atoms with van der Waals surface area (Å²) in [6.07, 6.45) is -1.42. The second-order valence-electron chi connectivity index (χ2n) is 7.59. The number of alkyl carbamates (subject to hydrolysis) is 1. The highest BCUT2D eigenvalue weighted by molar-refractivity contribution is 14.1. The molecule has 0 bridgehead atoms. The van der Waals surface area contributed by atoms with Crippen molar-refractivity contribution in [2.45, 2.75) is 18.4 Å². The van der Waals surface area contributed by atoms with Crippen LogP contribution in [0.4, 0.5) is 10.5 Å². The second kappa shape index (κ2) is 10.0. The van der Waals surface area contributed by atoms with Crippen molar-refractivity contribution >= 4 is 46.2 Å². The molecule has 33 heavy (non-hydrogen) atoms. The maximum atomic E-state index is 12.7. The summed E-state index contributed by atoms with van der Waals surface area (Å²) in [6, 6.07) is 21.7. The Balaban J connectivity index is 1.43. The quantitative estimate of drug-likeness (QED) is 0.369. The van der Waals surface area contributed by atoms with Gasteiger partial charge in [-0.25, -0.2) is 4.79 Å². The second-order valence-corrected chi connectivity index (χ2v) is 8.75. The number of hydrogen-bond donors (Lipinski definition) is 3. The first kappa shape index (κ1) is 22.8. The van der Waals surface area contributed by atoms with Gasteiger partial charge in [0.1, 0.15) is 12.6 Å². The molecule has 0 aliphatic heterocycles. The average molecular weight is 556 g/mol. The molecule has 4 rings (SSSR count). The zero-order chi connectivity index (χ0) is 23.4. The van der Waals surface area contributed by atoms with E-state index in [0.717, 1.165) is 25.8 Å². The lowest BCUT2D eigenvalue weighted by atomic mass is 9.98. The number of carbonyl (C=O) groups is 3. The molecule has 0 spiro atoms. The summed E-state index contributed by atoms with van der Waals surface area (Å²) in [4.78, 5) is 36.5. The summed E-state index contributed by atoms with van der Waals surface area (Å²) in [5.74, 6) is -1.98. The largest absolute Gasteiger partial charge is 0.481 e. The molecule has 8 heteroatoms. The summed E-state index contributed by atoms with van der Waals surface area (Å²) >= 11 is 2.06. The van der Waals surface area contributed by atoms with E-state index in [4.69, 9.17) is 4.74 Å². The van der Waals surface area contributed by atoms with Gasteiger partial charge >= 0.3 is 12.1 Å². The van der Waals surface area contributed by atoms with Crippen LogP contribution < -0.4 is 10.6 Å². The predicted molar refractivity (Wildman–Crippen MR) is 132 cm³/mol. The third kappa shape index (κ3) is 5.16. The van der Waals surface area contributed by atoms with Crippen LogP contribution in [-0.4, -0.2) is 35.7 Å². The third-order valence-corrected chi connectivity index (χ3v) is 6.40. The molecular weight excluding hydrogens is 535 g/mol. The lowest BCUT2D eigenvalue weighted by Gasteiger charge is -2.19. The first-order chi connectivity index (χ1) is 15.9. The fourth-order valence-electron chi connectivity index (χ4n) is 3.95. The Hall–Kier alpha value is -3.40. The van der Waals surface area contributed by atoms with Crippen LogP contribution in [0.3, 0.4) is 0 Å². The van der Waals surface area contributed by atoms with Gasteiger partial charge in [0.15, 0.2) is 0 Å². The van der Waals surface area contributed by atoms with Crippen molar-refractivity contribution < 1.29 is 24.2 Å². The van der Waals surface area contributed by atoms with Gasteiger partial charge in [0.05, 0.1) is 12.1 Å². The van der Waals surface area contributed by atoms with E-state index in [1.165, 1.54) is 0 Å². The number of carbonyl (C=O) groups excluding carboxylic acids is 2. The van der Waals surface area contributed by atoms with E-state index in [-0.39, 0.29) is 12.5 Å². The number of benzene rings is 3. The van der Waals surface area contributed by atoms with Gasteiger partial charge in [-0.15, -0.1) is 0 Å². The van der Waals surface area contributed by atoms with Crippen LogP contribution in [0.5, 0.6) is 0 Å². The molecule has 7 nitrogen and oxygen atoms in total. The van der Waals surface area contributed by atoms with Gasteiger partial charge in [-0.2, -0.15) is 0 Å². The number of para-hydroxylation sites is 1. The molecule has 1 unspecified atom stereocenters. The number of fused-ring (bicyclic) bond motifs is 3. The zero-order valence-corrected chi connectivity index (χ0v) is 19.6. The van der Waals surface area contributed by atoms with Crippen molar-refractivity contribution in [3.8, 4) is 11.1 Å². The maximum absolute atomic E-state index is 12.7. The average Bonchev–Trinajstić information content (AvgIpc) is 3.12. The fourth-order valence-corrected chi connectivity index (χ4v) is 4.47. The highest BCUT2D eigenvalue weighted by atomic mass is 127. The molecule has 168 valence electrons. The van der Waals surface area contributed by atoms with Crippen LogP contribution in [0.2, 0.25) is 0 Å². The van der Waals surface area contributed by atoms with E-state index < -0.39 is 30.4 Å². The maximum Gasteiger partial charge on any atom is 0.407 e. The van der Waals surface area contributed by atoms with Gasteiger partial charge in [0.2, 0.25) is 5.91 Å². The lowest BCUT2D eigenvalue weighted by molar-refractivity contribution is -0.139. The highest BCUT2D eigenvalue weighted by Gasteiger charge is 2.30. The highest BCUT2D eigenvalue weighted by Crippen LogP contribution is 2.44. The van der Waals surface area contributed by atoms with Crippen molar-refractivity contribution in [3.63, 3.8) is 0 Å². The van der Waals surface area contributed by atoms with Crippen molar-refractivity contribution in [1.29, 1.82) is 0 Å². The lowest BCUT2D eigenvalue weighted by Crippen LogP contribution is -2.45. The SMILES string of the molecule is O=C(O)CC(NC(=O)OCC1c2ccccc2-c2ccccc21)C(=O)Nc1ccccc1I. The molecule has 2 amide bonds. The number of carboxylic acids is 1. The third-order valence-electron chi connectivity index (χ3n) is 5.46. The molecule has 1 aliphatic carbocycles. The van der Waals surface area contributed by atoms with Crippen LogP contribution in [-0.2, 0) is 14.3 Å². The smallest absolute Gasteiger partial charge is 0.407 e. The molecule has 0 saturated carbocycles. The van der Waals surface area contributed by atoms with Crippen LogP contribution >= 0.6 is 22.6 Å². The van der Waals surface area contributed by atoms with Crippen molar-refractivity contribution in [3.05, 3.63) is 87.5 Å². The number of anilines is 1. The molecule has 0 saturated heterocycles. The first-order valence-electron chi connectivity index (χ1n) is 10.3. The van der Waals surface area contributed by atoms with E-state index in [1.807, 2.05) is 54.6 Å². The van der Waals surface area contributed by atoms with Crippen LogP contribution in [0, 0.1) is 3.57 Å². The monoisotopic (exact) mass is 556 g/mol. The van der Waals surface area contributed by atoms with Gasteiger partial charge in [0, 0.05) is 9.49 Å². The number of amides is 2. The molecule has 1 aliphatic rings. The first-order valence-corrected chi connectivity index (χ1v) is 11.4. The Morgan fingerprint density at radius 3 is 2.09 bits per heavy atom. The minimum atomic E-state index is -1.28. The molecule has 3 aromatic carbocycles. The van der Waals surface area contributed by atoms with E-state index in [9.17, 15) is 19.5 Å². The molecular formula is C25H21IN2O5. The number of rotatable bonds is 7. The molecule has 0 heterocycles. The van der Waals surface area contributed by atoms with Crippen molar-refractivity contribution in [2.24, 2.45) is 0 Å². The Bertz CT molecular complexity index is 1170. The molecule has 3 N–H and O–H groups in total. The molecule has 0 aromatic heterocycles. The van der Waals surface area contributed by atoms with Gasteiger partial charge in [0.25, 0.3) is 0 Å². The summed E-state index contributed by atoms with van der Waals surface area (Å²) in [6.45, 7) is 0.0673. The Morgan fingerprint density at radius 2 is 1.48 bits per heavy atom. The summed E-state index contributed by atoms with van der Waals surface area (Å²) in [7, 11) is 0. The zero-order valence-electron chi connectivity index (χ0n) is 17.5. The fraction of sp³-hybridized carbons (Fsp3) is 0.160. The number of hydrogen-bond acceptors (Lipinski definition) is 4. The van der Waals surface area contributed by atoms with E-state index in [0.29, 0.717) is 5.69 Å². The van der Waals surface area contributed by atoms with Crippen LogP contribution in [0.25, 0.3) is 11.1 Å². The van der Waals surface area contributed by atoms with Gasteiger partial charge in [-0.05, 0) is 57.0 Å². The summed E-state index contributed by atoms with van der Waals surface area (Å²) in [5, 5.41) is 14.3. The molecule has 0 fully saturated rings. The Kier molecular flexibility index (Phi) is 6.93.